The smallest absolute Gasteiger partial charge is 0.302 e. The molecule has 0 bridgehead atoms. The molecule has 0 heterocycles. The number of benzene rings is 1. The van der Waals surface area contributed by atoms with Gasteiger partial charge in [-0.25, -0.2) is 0 Å². The van der Waals surface area contributed by atoms with E-state index in [0.29, 0.717) is 0 Å². The zero-order chi connectivity index (χ0) is 16.3. The Kier molecular flexibility index (Phi) is 5.60. The van der Waals surface area contributed by atoms with Gasteiger partial charge >= 0.3 is 7.60 Å². The quantitative estimate of drug-likeness (QED) is 0.514. The predicted octanol–water partition coefficient (Wildman–Crippen LogP) is 5.74. The highest BCUT2D eigenvalue weighted by Crippen LogP contribution is 2.64. The lowest BCUT2D eigenvalue weighted by Gasteiger charge is -2.36. The molecule has 0 saturated heterocycles. The largest absolute Gasteiger partial charge is 0.337 e. The van der Waals surface area contributed by atoms with Gasteiger partial charge in [-0.1, -0.05) is 36.4 Å². The molecule has 3 nitrogen and oxygen atoms in total. The first-order chi connectivity index (χ1) is 9.48. The van der Waals surface area contributed by atoms with E-state index in [1.54, 1.807) is 6.08 Å². The van der Waals surface area contributed by atoms with Crippen LogP contribution in [0.5, 0.6) is 0 Å². The molecule has 21 heavy (non-hydrogen) atoms. The molecule has 2 unspecified atom stereocenters. The monoisotopic (exact) mass is 310 g/mol. The van der Waals surface area contributed by atoms with Gasteiger partial charge in [-0.2, -0.15) is 0 Å². The van der Waals surface area contributed by atoms with Crippen LogP contribution in [-0.2, 0) is 13.6 Å². The fraction of sp³-hybridized carbons (Fsp3) is 0.529. The molecular weight excluding hydrogens is 283 g/mol. The Balaban J connectivity index is 3.12. The van der Waals surface area contributed by atoms with E-state index in [1.165, 1.54) is 0 Å². The average molecular weight is 310 g/mol. The van der Waals surface area contributed by atoms with Crippen LogP contribution in [0.4, 0.5) is 0 Å². The van der Waals surface area contributed by atoms with E-state index >= 15 is 0 Å². The maximum atomic E-state index is 13.3. The molecule has 4 heteroatoms. The molecule has 1 aromatic carbocycles. The second kappa shape index (κ2) is 6.48. The summed E-state index contributed by atoms with van der Waals surface area (Å²) in [6.45, 7) is 15.0. The fourth-order valence-corrected chi connectivity index (χ4v) is 3.57. The van der Waals surface area contributed by atoms with E-state index < -0.39 is 24.5 Å². The van der Waals surface area contributed by atoms with Crippen molar-refractivity contribution in [2.24, 2.45) is 0 Å². The van der Waals surface area contributed by atoms with Crippen molar-refractivity contribution in [3.8, 4) is 0 Å². The van der Waals surface area contributed by atoms with E-state index in [2.05, 4.69) is 6.58 Å². The second-order valence-electron chi connectivity index (χ2n) is 7.04. The minimum atomic E-state index is -3.33. The average Bonchev–Trinajstić information content (AvgIpc) is 2.33. The van der Waals surface area contributed by atoms with Crippen LogP contribution in [0, 0.1) is 0 Å². The van der Waals surface area contributed by atoms with Crippen molar-refractivity contribution < 1.29 is 13.6 Å². The van der Waals surface area contributed by atoms with E-state index in [-0.39, 0.29) is 0 Å². The molecule has 0 spiro atoms. The Morgan fingerprint density at radius 1 is 1.10 bits per heavy atom. The minimum Gasteiger partial charge on any atom is -0.302 e. The van der Waals surface area contributed by atoms with Gasteiger partial charge in [0.2, 0.25) is 0 Å². The maximum absolute atomic E-state index is 13.3. The third-order valence-corrected chi connectivity index (χ3v) is 5.75. The van der Waals surface area contributed by atoms with Gasteiger partial charge in [0.05, 0.1) is 10.8 Å². The Bertz CT molecular complexity index is 509. The van der Waals surface area contributed by atoms with E-state index in [1.807, 2.05) is 71.9 Å². The lowest BCUT2D eigenvalue weighted by Crippen LogP contribution is -2.27. The highest BCUT2D eigenvalue weighted by Gasteiger charge is 2.44. The summed E-state index contributed by atoms with van der Waals surface area (Å²) in [6, 6.07) is 9.62. The topological polar surface area (TPSA) is 35.5 Å². The molecule has 0 aliphatic carbocycles. The summed E-state index contributed by atoms with van der Waals surface area (Å²) >= 11 is 0. The van der Waals surface area contributed by atoms with Crippen molar-refractivity contribution in [2.45, 2.75) is 58.4 Å². The van der Waals surface area contributed by atoms with E-state index in [4.69, 9.17) is 9.05 Å². The summed E-state index contributed by atoms with van der Waals surface area (Å²) in [5.74, 6) is 0. The van der Waals surface area contributed by atoms with Crippen molar-refractivity contribution in [2.75, 3.05) is 0 Å². The molecule has 0 fully saturated rings. The summed E-state index contributed by atoms with van der Waals surface area (Å²) in [4.78, 5) is 0. The molecule has 0 aliphatic heterocycles. The number of hydrogen-bond acceptors (Lipinski definition) is 3. The van der Waals surface area contributed by atoms with Crippen LogP contribution in [0.15, 0.2) is 43.0 Å². The first kappa shape index (κ1) is 18.2. The van der Waals surface area contributed by atoms with Crippen LogP contribution >= 0.6 is 7.60 Å². The zero-order valence-corrected chi connectivity index (χ0v) is 14.8. The molecule has 0 radical (unpaired) electrons. The van der Waals surface area contributed by atoms with Crippen LogP contribution in [0.3, 0.4) is 0 Å². The second-order valence-corrected chi connectivity index (χ2v) is 9.77. The molecule has 1 aromatic rings. The standard InChI is InChI=1S/C17H27O3P/c1-8-15(14-12-10-9-11-13-14)19-21(18,17(5,6)7)20-16(2,3)4/h8-13,15H,1H2,2-7H3. The Morgan fingerprint density at radius 2 is 1.62 bits per heavy atom. The van der Waals surface area contributed by atoms with Crippen LogP contribution < -0.4 is 0 Å². The van der Waals surface area contributed by atoms with Gasteiger partial charge in [0, 0.05) is 0 Å². The minimum absolute atomic E-state index is 0.460. The summed E-state index contributed by atoms with van der Waals surface area (Å²) < 4.78 is 25.1. The summed E-state index contributed by atoms with van der Waals surface area (Å²) in [5.41, 5.74) is 0.361. The number of hydrogen-bond donors (Lipinski definition) is 0. The first-order valence-corrected chi connectivity index (χ1v) is 8.69. The fourth-order valence-electron chi connectivity index (χ4n) is 1.71. The first-order valence-electron chi connectivity index (χ1n) is 7.15. The van der Waals surface area contributed by atoms with Gasteiger partial charge in [0.15, 0.2) is 0 Å². The summed E-state index contributed by atoms with van der Waals surface area (Å²) in [7, 11) is -3.33. The van der Waals surface area contributed by atoms with Crippen molar-refractivity contribution in [3.63, 3.8) is 0 Å². The van der Waals surface area contributed by atoms with Gasteiger partial charge < -0.3 is 4.52 Å². The molecule has 0 aliphatic rings. The predicted molar refractivity (Wildman–Crippen MR) is 88.7 cm³/mol. The third-order valence-electron chi connectivity index (χ3n) is 2.81. The molecule has 0 amide bonds. The Labute approximate surface area is 128 Å². The van der Waals surface area contributed by atoms with Crippen molar-refractivity contribution in [1.82, 2.24) is 0 Å². The van der Waals surface area contributed by atoms with Crippen molar-refractivity contribution in [3.05, 3.63) is 48.6 Å². The lowest BCUT2D eigenvalue weighted by atomic mass is 10.1. The van der Waals surface area contributed by atoms with Gasteiger partial charge in [0.25, 0.3) is 0 Å². The lowest BCUT2D eigenvalue weighted by molar-refractivity contribution is 0.0750. The summed E-state index contributed by atoms with van der Waals surface area (Å²) in [6.07, 6.45) is 1.19. The molecule has 1 rings (SSSR count). The van der Waals surface area contributed by atoms with Crippen molar-refractivity contribution >= 4 is 7.60 Å². The molecular formula is C17H27O3P. The van der Waals surface area contributed by atoms with Crippen LogP contribution in [0.25, 0.3) is 0 Å². The van der Waals surface area contributed by atoms with Crippen molar-refractivity contribution in [1.29, 1.82) is 0 Å². The number of rotatable bonds is 5. The van der Waals surface area contributed by atoms with Gasteiger partial charge in [-0.15, -0.1) is 6.58 Å². The van der Waals surface area contributed by atoms with Crippen LogP contribution in [0.1, 0.15) is 53.2 Å². The molecule has 118 valence electrons. The SMILES string of the molecule is C=CC(OP(=O)(OC(C)(C)C)C(C)(C)C)c1ccccc1. The Hall–Kier alpha value is -0.890. The van der Waals surface area contributed by atoms with Gasteiger partial charge in [0.1, 0.15) is 6.10 Å². The van der Waals surface area contributed by atoms with Gasteiger partial charge in [-0.05, 0) is 47.1 Å². The Morgan fingerprint density at radius 3 is 2.00 bits per heavy atom. The van der Waals surface area contributed by atoms with E-state index in [0.717, 1.165) is 5.56 Å². The van der Waals surface area contributed by atoms with Crippen LogP contribution in [0.2, 0.25) is 0 Å². The molecule has 0 N–H and O–H groups in total. The highest BCUT2D eigenvalue weighted by atomic mass is 31.2. The molecule has 0 aromatic heterocycles. The van der Waals surface area contributed by atoms with E-state index in [9.17, 15) is 4.57 Å². The highest BCUT2D eigenvalue weighted by molar-refractivity contribution is 7.55. The summed E-state index contributed by atoms with van der Waals surface area (Å²) in [5, 5.41) is -0.615. The molecule has 0 saturated carbocycles. The maximum Gasteiger partial charge on any atom is 0.337 e. The van der Waals surface area contributed by atoms with Gasteiger partial charge in [-0.3, -0.25) is 9.09 Å². The van der Waals surface area contributed by atoms with Crippen LogP contribution in [-0.4, -0.2) is 10.8 Å². The zero-order valence-electron chi connectivity index (χ0n) is 13.9. The normalized spacial score (nSPS) is 17.0. The third kappa shape index (κ3) is 5.10. The molecule has 2 atom stereocenters.